The van der Waals surface area contributed by atoms with Gasteiger partial charge in [0.15, 0.2) is 11.6 Å². The zero-order valence-electron chi connectivity index (χ0n) is 9.91. The van der Waals surface area contributed by atoms with Crippen LogP contribution < -0.4 is 11.3 Å². The van der Waals surface area contributed by atoms with Crippen LogP contribution >= 0.6 is 0 Å². The number of nitrogens with zero attached hydrogens (tertiary/aromatic N) is 1. The maximum Gasteiger partial charge on any atom is 0.162 e. The molecule has 2 rings (SSSR count). The van der Waals surface area contributed by atoms with Crippen LogP contribution in [-0.4, -0.2) is 4.98 Å². The van der Waals surface area contributed by atoms with E-state index in [2.05, 4.69) is 10.4 Å². The molecule has 19 heavy (non-hydrogen) atoms. The smallest absolute Gasteiger partial charge is 0.162 e. The van der Waals surface area contributed by atoms with E-state index in [4.69, 9.17) is 5.84 Å². The molecule has 3 N–H and O–H groups in total. The summed E-state index contributed by atoms with van der Waals surface area (Å²) in [6.07, 6.45) is 1.40. The maximum atomic E-state index is 13.6. The average Bonchev–Trinajstić information content (AvgIpc) is 2.41. The molecule has 2 aromatic rings. The van der Waals surface area contributed by atoms with E-state index in [-0.39, 0.29) is 17.7 Å². The molecule has 0 bridgehead atoms. The van der Waals surface area contributed by atoms with Gasteiger partial charge in [0.2, 0.25) is 0 Å². The third-order valence-electron chi connectivity index (χ3n) is 2.77. The number of hydrogen-bond donors (Lipinski definition) is 2. The lowest BCUT2D eigenvalue weighted by Crippen LogP contribution is -2.31. The molecule has 0 aliphatic heterocycles. The predicted octanol–water partition coefficient (Wildman–Crippen LogP) is 2.25. The molecular formula is C13H12F3N3. The van der Waals surface area contributed by atoms with Gasteiger partial charge in [-0.2, -0.15) is 0 Å². The summed E-state index contributed by atoms with van der Waals surface area (Å²) in [6.45, 7) is 0. The van der Waals surface area contributed by atoms with Gasteiger partial charge in [0, 0.05) is 6.20 Å². The second-order valence-electron chi connectivity index (χ2n) is 4.01. The molecule has 0 saturated carbocycles. The molecule has 1 atom stereocenters. The molecule has 1 aromatic carbocycles. The van der Waals surface area contributed by atoms with Crippen LogP contribution in [0, 0.1) is 17.5 Å². The van der Waals surface area contributed by atoms with Crippen molar-refractivity contribution in [2.45, 2.75) is 12.5 Å². The minimum absolute atomic E-state index is 0.00593. The number of halogens is 3. The van der Waals surface area contributed by atoms with Crippen LogP contribution in [0.5, 0.6) is 0 Å². The van der Waals surface area contributed by atoms with Crippen LogP contribution in [0.2, 0.25) is 0 Å². The Morgan fingerprint density at radius 2 is 1.84 bits per heavy atom. The van der Waals surface area contributed by atoms with E-state index in [1.807, 2.05) is 0 Å². The number of rotatable bonds is 4. The highest BCUT2D eigenvalue weighted by atomic mass is 19.2. The number of nitrogens with two attached hydrogens (primary N) is 1. The van der Waals surface area contributed by atoms with Crippen molar-refractivity contribution in [3.63, 3.8) is 0 Å². The zero-order chi connectivity index (χ0) is 13.8. The molecular weight excluding hydrogens is 255 g/mol. The average molecular weight is 267 g/mol. The lowest BCUT2D eigenvalue weighted by atomic mass is 10.0. The highest BCUT2D eigenvalue weighted by Gasteiger charge is 2.19. The summed E-state index contributed by atoms with van der Waals surface area (Å²) in [4.78, 5) is 3.86. The largest absolute Gasteiger partial charge is 0.271 e. The van der Waals surface area contributed by atoms with Crippen LogP contribution in [0.1, 0.15) is 17.3 Å². The van der Waals surface area contributed by atoms with Crippen LogP contribution in [-0.2, 0) is 6.42 Å². The molecule has 100 valence electrons. The van der Waals surface area contributed by atoms with Crippen molar-refractivity contribution in [2.24, 2.45) is 5.84 Å². The summed E-state index contributed by atoms with van der Waals surface area (Å²) in [5.41, 5.74) is 2.53. The normalized spacial score (nSPS) is 12.4. The molecule has 0 amide bonds. The molecule has 0 aliphatic carbocycles. The van der Waals surface area contributed by atoms with E-state index in [1.165, 1.54) is 30.5 Å². The quantitative estimate of drug-likeness (QED) is 0.660. The Hall–Kier alpha value is -1.92. The van der Waals surface area contributed by atoms with Crippen molar-refractivity contribution < 1.29 is 13.2 Å². The Morgan fingerprint density at radius 3 is 2.53 bits per heavy atom. The molecule has 6 heteroatoms. The van der Waals surface area contributed by atoms with E-state index in [0.717, 1.165) is 6.07 Å². The van der Waals surface area contributed by atoms with Gasteiger partial charge in [-0.05, 0) is 30.2 Å². The van der Waals surface area contributed by atoms with Gasteiger partial charge in [-0.15, -0.1) is 0 Å². The monoisotopic (exact) mass is 267 g/mol. The Balaban J connectivity index is 2.30. The van der Waals surface area contributed by atoms with E-state index >= 15 is 0 Å². The van der Waals surface area contributed by atoms with Gasteiger partial charge in [-0.1, -0.05) is 12.1 Å². The first-order chi connectivity index (χ1) is 9.13. The molecule has 1 aromatic heterocycles. The number of pyridine rings is 1. The number of benzene rings is 1. The molecule has 0 aliphatic rings. The molecule has 1 heterocycles. The van der Waals surface area contributed by atoms with Crippen LogP contribution in [0.15, 0.2) is 36.5 Å². The van der Waals surface area contributed by atoms with Gasteiger partial charge >= 0.3 is 0 Å². The molecule has 1 unspecified atom stereocenters. The van der Waals surface area contributed by atoms with Crippen LogP contribution in [0.4, 0.5) is 13.2 Å². The molecule has 0 radical (unpaired) electrons. The van der Waals surface area contributed by atoms with Gasteiger partial charge in [0.1, 0.15) is 5.82 Å². The second-order valence-corrected chi connectivity index (χ2v) is 4.01. The molecule has 3 nitrogen and oxygen atoms in total. The summed E-state index contributed by atoms with van der Waals surface area (Å²) >= 11 is 0. The van der Waals surface area contributed by atoms with Crippen molar-refractivity contribution in [3.05, 3.63) is 65.2 Å². The lowest BCUT2D eigenvalue weighted by Gasteiger charge is -2.16. The summed E-state index contributed by atoms with van der Waals surface area (Å²) in [5.74, 6) is 2.87. The van der Waals surface area contributed by atoms with Gasteiger partial charge < -0.3 is 0 Å². The minimum atomic E-state index is -0.959. The third-order valence-corrected chi connectivity index (χ3v) is 2.77. The van der Waals surface area contributed by atoms with Gasteiger partial charge in [0.25, 0.3) is 0 Å². The van der Waals surface area contributed by atoms with E-state index in [0.29, 0.717) is 0 Å². The topological polar surface area (TPSA) is 50.9 Å². The first kappa shape index (κ1) is 13.5. The first-order valence-corrected chi connectivity index (χ1v) is 5.63. The summed E-state index contributed by atoms with van der Waals surface area (Å²) in [6, 6.07) is 5.76. The molecule has 0 saturated heterocycles. The van der Waals surface area contributed by atoms with Gasteiger partial charge in [-0.25, -0.2) is 13.2 Å². The van der Waals surface area contributed by atoms with Crippen molar-refractivity contribution in [1.29, 1.82) is 0 Å². The Kier molecular flexibility index (Phi) is 4.13. The minimum Gasteiger partial charge on any atom is -0.271 e. The fraction of sp³-hybridized carbons (Fsp3) is 0.154. The zero-order valence-corrected chi connectivity index (χ0v) is 9.91. The van der Waals surface area contributed by atoms with E-state index in [1.54, 1.807) is 0 Å². The summed E-state index contributed by atoms with van der Waals surface area (Å²) < 4.78 is 40.2. The molecule has 0 fully saturated rings. The number of hydrogen-bond acceptors (Lipinski definition) is 3. The Labute approximate surface area is 108 Å². The highest BCUT2D eigenvalue weighted by molar-refractivity contribution is 5.22. The maximum absolute atomic E-state index is 13.6. The van der Waals surface area contributed by atoms with E-state index < -0.39 is 23.5 Å². The second kappa shape index (κ2) is 5.81. The van der Waals surface area contributed by atoms with Crippen molar-refractivity contribution in [3.8, 4) is 0 Å². The predicted molar refractivity (Wildman–Crippen MR) is 64.3 cm³/mol. The van der Waals surface area contributed by atoms with Crippen LogP contribution in [0.25, 0.3) is 0 Å². The Morgan fingerprint density at radius 1 is 1.11 bits per heavy atom. The van der Waals surface area contributed by atoms with Gasteiger partial charge in [0.05, 0.1) is 11.7 Å². The van der Waals surface area contributed by atoms with Crippen molar-refractivity contribution >= 4 is 0 Å². The van der Waals surface area contributed by atoms with Gasteiger partial charge in [-0.3, -0.25) is 16.3 Å². The fourth-order valence-corrected chi connectivity index (χ4v) is 1.81. The van der Waals surface area contributed by atoms with Crippen molar-refractivity contribution in [1.82, 2.24) is 10.4 Å². The fourth-order valence-electron chi connectivity index (χ4n) is 1.81. The summed E-state index contributed by atoms with van der Waals surface area (Å²) in [7, 11) is 0. The standard InChI is InChI=1S/C13H12F3N3/c14-9-4-1-3-8(12(9)16)7-11(19-17)13-10(15)5-2-6-18-13/h1-6,11,19H,7,17H2. The van der Waals surface area contributed by atoms with E-state index in [9.17, 15) is 13.2 Å². The van der Waals surface area contributed by atoms with Crippen LogP contribution in [0.3, 0.4) is 0 Å². The Bertz CT molecular complexity index is 575. The van der Waals surface area contributed by atoms with Crippen molar-refractivity contribution in [2.75, 3.05) is 0 Å². The SMILES string of the molecule is NNC(Cc1cccc(F)c1F)c1ncccc1F. The number of aromatic nitrogens is 1. The first-order valence-electron chi connectivity index (χ1n) is 5.63. The highest BCUT2D eigenvalue weighted by Crippen LogP contribution is 2.21. The summed E-state index contributed by atoms with van der Waals surface area (Å²) in [5, 5.41) is 0. The number of nitrogens with one attached hydrogen (secondary N) is 1. The molecule has 0 spiro atoms. The third kappa shape index (κ3) is 2.91. The number of hydrazine groups is 1. The lowest BCUT2D eigenvalue weighted by molar-refractivity contribution is 0.465.